The van der Waals surface area contributed by atoms with Crippen molar-refractivity contribution < 1.29 is 9.90 Å². The van der Waals surface area contributed by atoms with Gasteiger partial charge in [0.2, 0.25) is 0 Å². The molecule has 0 aliphatic heterocycles. The van der Waals surface area contributed by atoms with Gasteiger partial charge in [-0.25, -0.2) is 0 Å². The van der Waals surface area contributed by atoms with Gasteiger partial charge in [-0.2, -0.15) is 0 Å². The minimum Gasteiger partial charge on any atom is -0.508 e. The lowest BCUT2D eigenvalue weighted by atomic mass is 10.2. The standard InChI is InChI=1S/C13H14N2O2/c1-9-3-4-10(2)15(9)14-13(17)11-5-7-12(16)8-6-11/h3-8,16H,1-2H3,(H,14,17). The number of carbonyl (C=O) groups excluding carboxylic acids is 1. The average Bonchev–Trinajstić information content (AvgIpc) is 2.61. The molecular formula is C13H14N2O2. The third-order valence-electron chi connectivity index (χ3n) is 2.61. The molecule has 2 N–H and O–H groups in total. The van der Waals surface area contributed by atoms with E-state index < -0.39 is 0 Å². The molecule has 17 heavy (non-hydrogen) atoms. The molecule has 2 rings (SSSR count). The number of hydrogen-bond acceptors (Lipinski definition) is 2. The van der Waals surface area contributed by atoms with Crippen LogP contribution in [0.1, 0.15) is 21.7 Å². The number of phenolic OH excluding ortho intramolecular Hbond substituents is 1. The first-order valence-corrected chi connectivity index (χ1v) is 5.33. The molecule has 1 aromatic carbocycles. The lowest BCUT2D eigenvalue weighted by Gasteiger charge is -2.11. The van der Waals surface area contributed by atoms with Crippen LogP contribution in [-0.2, 0) is 0 Å². The molecule has 0 spiro atoms. The van der Waals surface area contributed by atoms with E-state index in [0.29, 0.717) is 5.56 Å². The van der Waals surface area contributed by atoms with E-state index in [0.717, 1.165) is 11.4 Å². The van der Waals surface area contributed by atoms with Gasteiger partial charge in [0.25, 0.3) is 5.91 Å². The second kappa shape index (κ2) is 4.33. The van der Waals surface area contributed by atoms with Gasteiger partial charge in [-0.1, -0.05) is 0 Å². The zero-order valence-electron chi connectivity index (χ0n) is 9.77. The zero-order chi connectivity index (χ0) is 12.4. The van der Waals surface area contributed by atoms with Crippen LogP contribution >= 0.6 is 0 Å². The highest BCUT2D eigenvalue weighted by Gasteiger charge is 2.08. The first kappa shape index (κ1) is 11.3. The molecule has 0 radical (unpaired) electrons. The van der Waals surface area contributed by atoms with E-state index in [1.54, 1.807) is 16.8 Å². The molecule has 2 aromatic rings. The van der Waals surface area contributed by atoms with Crippen molar-refractivity contribution in [3.63, 3.8) is 0 Å². The van der Waals surface area contributed by atoms with Crippen molar-refractivity contribution in [2.45, 2.75) is 13.8 Å². The molecule has 88 valence electrons. The first-order chi connectivity index (χ1) is 8.08. The Kier molecular flexibility index (Phi) is 2.87. The van der Waals surface area contributed by atoms with Crippen LogP contribution in [0, 0.1) is 13.8 Å². The first-order valence-electron chi connectivity index (χ1n) is 5.33. The predicted molar refractivity (Wildman–Crippen MR) is 65.7 cm³/mol. The van der Waals surface area contributed by atoms with Crippen LogP contribution in [0.5, 0.6) is 5.75 Å². The van der Waals surface area contributed by atoms with Gasteiger partial charge >= 0.3 is 0 Å². The number of carbonyl (C=O) groups is 1. The Labute approximate surface area is 99.5 Å². The lowest BCUT2D eigenvalue weighted by Crippen LogP contribution is -2.24. The maximum atomic E-state index is 11.9. The van der Waals surface area contributed by atoms with Gasteiger partial charge in [0, 0.05) is 17.0 Å². The maximum absolute atomic E-state index is 11.9. The molecule has 1 amide bonds. The summed E-state index contributed by atoms with van der Waals surface area (Å²) < 4.78 is 1.73. The molecule has 0 saturated heterocycles. The summed E-state index contributed by atoms with van der Waals surface area (Å²) in [5, 5.41) is 9.15. The summed E-state index contributed by atoms with van der Waals surface area (Å²) in [4.78, 5) is 11.9. The number of aromatic hydroxyl groups is 1. The number of rotatable bonds is 2. The van der Waals surface area contributed by atoms with Gasteiger partial charge < -0.3 is 5.11 Å². The minimum atomic E-state index is -0.201. The third kappa shape index (κ3) is 2.30. The summed E-state index contributed by atoms with van der Waals surface area (Å²) >= 11 is 0. The molecule has 0 atom stereocenters. The van der Waals surface area contributed by atoms with Crippen LogP contribution in [0.2, 0.25) is 0 Å². The SMILES string of the molecule is Cc1ccc(C)n1NC(=O)c1ccc(O)cc1. The number of aryl methyl sites for hydroxylation is 2. The quantitative estimate of drug-likeness (QED) is 0.831. The Hall–Kier alpha value is -2.23. The van der Waals surface area contributed by atoms with Gasteiger partial charge in [0.15, 0.2) is 0 Å². The number of nitrogens with zero attached hydrogens (tertiary/aromatic N) is 1. The van der Waals surface area contributed by atoms with Crippen molar-refractivity contribution in [1.82, 2.24) is 4.68 Å². The molecule has 0 unspecified atom stereocenters. The number of hydrogen-bond donors (Lipinski definition) is 2. The van der Waals surface area contributed by atoms with Crippen molar-refractivity contribution in [1.29, 1.82) is 0 Å². The maximum Gasteiger partial charge on any atom is 0.270 e. The molecule has 1 heterocycles. The van der Waals surface area contributed by atoms with Crippen LogP contribution in [0.25, 0.3) is 0 Å². The van der Waals surface area contributed by atoms with E-state index in [2.05, 4.69) is 5.43 Å². The molecule has 0 aliphatic carbocycles. The highest BCUT2D eigenvalue weighted by Crippen LogP contribution is 2.11. The molecule has 0 fully saturated rings. The van der Waals surface area contributed by atoms with Crippen molar-refractivity contribution in [2.24, 2.45) is 0 Å². The molecule has 4 heteroatoms. The topological polar surface area (TPSA) is 54.3 Å². The monoisotopic (exact) mass is 230 g/mol. The Morgan fingerprint density at radius 3 is 2.12 bits per heavy atom. The smallest absolute Gasteiger partial charge is 0.270 e. The summed E-state index contributed by atoms with van der Waals surface area (Å²) in [6.07, 6.45) is 0. The fourth-order valence-electron chi connectivity index (χ4n) is 1.62. The van der Waals surface area contributed by atoms with Crippen molar-refractivity contribution in [3.8, 4) is 5.75 Å². The van der Waals surface area contributed by atoms with Crippen LogP contribution in [0.4, 0.5) is 0 Å². The fourth-order valence-corrected chi connectivity index (χ4v) is 1.62. The number of aromatic nitrogens is 1. The largest absolute Gasteiger partial charge is 0.508 e. The highest BCUT2D eigenvalue weighted by atomic mass is 16.3. The zero-order valence-corrected chi connectivity index (χ0v) is 9.77. The fraction of sp³-hybridized carbons (Fsp3) is 0.154. The van der Waals surface area contributed by atoms with Gasteiger partial charge in [0.1, 0.15) is 5.75 Å². The molecular weight excluding hydrogens is 216 g/mol. The lowest BCUT2D eigenvalue weighted by molar-refractivity contribution is 0.101. The Morgan fingerprint density at radius 1 is 1.06 bits per heavy atom. The minimum absolute atomic E-state index is 0.148. The Morgan fingerprint density at radius 2 is 1.59 bits per heavy atom. The second-order valence-electron chi connectivity index (χ2n) is 3.94. The highest BCUT2D eigenvalue weighted by molar-refractivity contribution is 6.00. The normalized spacial score (nSPS) is 10.2. The van der Waals surface area contributed by atoms with Gasteiger partial charge in [-0.15, -0.1) is 0 Å². The molecule has 1 aromatic heterocycles. The van der Waals surface area contributed by atoms with Crippen molar-refractivity contribution in [2.75, 3.05) is 5.43 Å². The van der Waals surface area contributed by atoms with Crippen LogP contribution in [0.15, 0.2) is 36.4 Å². The molecule has 0 bridgehead atoms. The van der Waals surface area contributed by atoms with E-state index in [1.807, 2.05) is 26.0 Å². The van der Waals surface area contributed by atoms with E-state index in [9.17, 15) is 4.79 Å². The summed E-state index contributed by atoms with van der Waals surface area (Å²) in [5.41, 5.74) is 5.23. The number of amides is 1. The van der Waals surface area contributed by atoms with Crippen LogP contribution in [0.3, 0.4) is 0 Å². The van der Waals surface area contributed by atoms with Crippen LogP contribution < -0.4 is 5.43 Å². The van der Waals surface area contributed by atoms with Crippen molar-refractivity contribution in [3.05, 3.63) is 53.3 Å². The van der Waals surface area contributed by atoms with Crippen LogP contribution in [-0.4, -0.2) is 15.7 Å². The average molecular weight is 230 g/mol. The molecule has 4 nitrogen and oxygen atoms in total. The Balaban J connectivity index is 2.20. The second-order valence-corrected chi connectivity index (χ2v) is 3.94. The van der Waals surface area contributed by atoms with Crippen molar-refractivity contribution >= 4 is 5.91 Å². The Bertz CT molecular complexity index is 522. The summed E-state index contributed by atoms with van der Waals surface area (Å²) in [6.45, 7) is 3.84. The van der Waals surface area contributed by atoms with Gasteiger partial charge in [-0.05, 0) is 50.2 Å². The number of nitrogens with one attached hydrogen (secondary N) is 1. The van der Waals surface area contributed by atoms with Gasteiger partial charge in [0.05, 0.1) is 0 Å². The van der Waals surface area contributed by atoms with Gasteiger partial charge in [-0.3, -0.25) is 14.9 Å². The number of benzene rings is 1. The predicted octanol–water partition coefficient (Wildman–Crippen LogP) is 2.19. The summed E-state index contributed by atoms with van der Waals surface area (Å²) in [6, 6.07) is 10.0. The van der Waals surface area contributed by atoms with E-state index in [-0.39, 0.29) is 11.7 Å². The molecule has 0 aliphatic rings. The van der Waals surface area contributed by atoms with E-state index in [1.165, 1.54) is 12.1 Å². The molecule has 0 saturated carbocycles. The number of phenols is 1. The third-order valence-corrected chi connectivity index (χ3v) is 2.61. The summed E-state index contributed by atoms with van der Waals surface area (Å²) in [7, 11) is 0. The van der Waals surface area contributed by atoms with E-state index in [4.69, 9.17) is 5.11 Å². The van der Waals surface area contributed by atoms with E-state index >= 15 is 0 Å². The summed E-state index contributed by atoms with van der Waals surface area (Å²) in [5.74, 6) is -0.0534.